The molecule has 1 aliphatic heterocycles. The van der Waals surface area contributed by atoms with Crippen molar-refractivity contribution in [1.82, 2.24) is 9.62 Å². The molecule has 1 fully saturated rings. The second-order valence-corrected chi connectivity index (χ2v) is 7.93. The average Bonchev–Trinajstić information content (AvgIpc) is 2.55. The van der Waals surface area contributed by atoms with Gasteiger partial charge in [-0.25, -0.2) is 12.8 Å². The van der Waals surface area contributed by atoms with Gasteiger partial charge in [0.1, 0.15) is 5.82 Å². The number of nitrogens with zero attached hydrogens (tertiary/aromatic N) is 1. The van der Waals surface area contributed by atoms with Crippen LogP contribution in [0.5, 0.6) is 0 Å². The molecule has 0 unspecified atom stereocenters. The van der Waals surface area contributed by atoms with Gasteiger partial charge < -0.3 is 10.2 Å². The summed E-state index contributed by atoms with van der Waals surface area (Å²) in [7, 11) is -3.67. The Balaban J connectivity index is 1.87. The lowest BCUT2D eigenvalue weighted by molar-refractivity contribution is -0.895. The van der Waals surface area contributed by atoms with Gasteiger partial charge in [0.2, 0.25) is 10.0 Å². The molecule has 134 valence electrons. The van der Waals surface area contributed by atoms with Crippen LogP contribution in [0.4, 0.5) is 4.39 Å². The third-order valence-corrected chi connectivity index (χ3v) is 6.02. The number of quaternary nitrogens is 1. The maximum absolute atomic E-state index is 13.3. The Kier molecular flexibility index (Phi) is 6.70. The molecule has 1 saturated heterocycles. The van der Waals surface area contributed by atoms with Crippen LogP contribution < -0.4 is 10.2 Å². The maximum atomic E-state index is 13.3. The maximum Gasteiger partial charge on any atom is 0.275 e. The first kappa shape index (κ1) is 18.8. The number of hydrogen-bond acceptors (Lipinski definition) is 3. The molecule has 0 bridgehead atoms. The van der Waals surface area contributed by atoms with Gasteiger partial charge >= 0.3 is 0 Å². The zero-order valence-corrected chi connectivity index (χ0v) is 14.7. The van der Waals surface area contributed by atoms with Crippen molar-refractivity contribution in [3.8, 4) is 0 Å². The van der Waals surface area contributed by atoms with Gasteiger partial charge in [-0.2, -0.15) is 4.31 Å². The van der Waals surface area contributed by atoms with E-state index in [0.717, 1.165) is 23.8 Å². The Labute approximate surface area is 142 Å². The highest BCUT2D eigenvalue weighted by atomic mass is 32.2. The van der Waals surface area contributed by atoms with Crippen molar-refractivity contribution < 1.29 is 22.5 Å². The fourth-order valence-electron chi connectivity index (χ4n) is 2.69. The molecule has 24 heavy (non-hydrogen) atoms. The van der Waals surface area contributed by atoms with E-state index < -0.39 is 15.8 Å². The molecule has 0 spiro atoms. The van der Waals surface area contributed by atoms with E-state index in [1.165, 1.54) is 22.5 Å². The molecule has 2 N–H and O–H groups in total. The number of nitrogens with one attached hydrogen (secondary N) is 2. The van der Waals surface area contributed by atoms with Gasteiger partial charge in [-0.15, -0.1) is 0 Å². The van der Waals surface area contributed by atoms with Crippen molar-refractivity contribution >= 4 is 15.9 Å². The van der Waals surface area contributed by atoms with Gasteiger partial charge in [-0.05, 0) is 24.6 Å². The van der Waals surface area contributed by atoms with Crippen molar-refractivity contribution in [3.05, 3.63) is 30.1 Å². The summed E-state index contributed by atoms with van der Waals surface area (Å²) in [6.07, 6.45) is 1.99. The number of rotatable bonds is 7. The number of amides is 1. The second kappa shape index (κ2) is 8.55. The van der Waals surface area contributed by atoms with E-state index >= 15 is 0 Å². The largest absolute Gasteiger partial charge is 0.351 e. The van der Waals surface area contributed by atoms with E-state index in [-0.39, 0.29) is 10.8 Å². The lowest BCUT2D eigenvalue weighted by Gasteiger charge is -2.31. The number of benzene rings is 1. The van der Waals surface area contributed by atoms with Crippen LogP contribution in [0.25, 0.3) is 0 Å². The molecule has 0 aromatic heterocycles. The summed E-state index contributed by atoms with van der Waals surface area (Å²) < 4.78 is 39.7. The van der Waals surface area contributed by atoms with Gasteiger partial charge in [-0.3, -0.25) is 4.79 Å². The summed E-state index contributed by atoms with van der Waals surface area (Å²) in [6.45, 7) is 4.90. The van der Waals surface area contributed by atoms with Crippen molar-refractivity contribution in [1.29, 1.82) is 0 Å². The van der Waals surface area contributed by atoms with Crippen LogP contribution in [-0.2, 0) is 14.8 Å². The molecule has 6 nitrogen and oxygen atoms in total. The molecule has 0 radical (unpaired) electrons. The van der Waals surface area contributed by atoms with Crippen LogP contribution in [0.15, 0.2) is 29.2 Å². The van der Waals surface area contributed by atoms with Crippen LogP contribution in [-0.4, -0.2) is 57.9 Å². The first-order valence-corrected chi connectivity index (χ1v) is 9.73. The minimum atomic E-state index is -3.67. The number of piperazine rings is 1. The van der Waals surface area contributed by atoms with Gasteiger partial charge in [0, 0.05) is 6.54 Å². The fourth-order valence-corrected chi connectivity index (χ4v) is 4.16. The van der Waals surface area contributed by atoms with Crippen molar-refractivity contribution in [2.75, 3.05) is 39.3 Å². The Morgan fingerprint density at radius 3 is 2.67 bits per heavy atom. The molecular weight excluding hydrogens is 333 g/mol. The van der Waals surface area contributed by atoms with E-state index in [4.69, 9.17) is 0 Å². The van der Waals surface area contributed by atoms with Gasteiger partial charge in [0.15, 0.2) is 6.54 Å². The van der Waals surface area contributed by atoms with Gasteiger partial charge in [0.05, 0.1) is 31.1 Å². The first-order valence-electron chi connectivity index (χ1n) is 8.29. The molecule has 0 aliphatic carbocycles. The van der Waals surface area contributed by atoms with E-state index in [1.54, 1.807) is 0 Å². The number of carbonyl (C=O) groups is 1. The molecule has 1 amide bonds. The number of carbonyl (C=O) groups excluding carboxylic acids is 1. The predicted octanol–water partition coefficient (Wildman–Crippen LogP) is -0.369. The Morgan fingerprint density at radius 2 is 2.04 bits per heavy atom. The van der Waals surface area contributed by atoms with Gasteiger partial charge in [-0.1, -0.05) is 19.4 Å². The first-order chi connectivity index (χ1) is 11.4. The predicted molar refractivity (Wildman–Crippen MR) is 88.6 cm³/mol. The highest BCUT2D eigenvalue weighted by Gasteiger charge is 2.31. The molecule has 1 heterocycles. The summed E-state index contributed by atoms with van der Waals surface area (Å²) in [5.41, 5.74) is 0. The molecule has 0 atom stereocenters. The van der Waals surface area contributed by atoms with Crippen molar-refractivity contribution in [3.63, 3.8) is 0 Å². The normalized spacial score (nSPS) is 16.9. The van der Waals surface area contributed by atoms with Crippen molar-refractivity contribution in [2.45, 2.75) is 24.7 Å². The van der Waals surface area contributed by atoms with E-state index in [9.17, 15) is 17.6 Å². The van der Waals surface area contributed by atoms with Gasteiger partial charge in [0.25, 0.3) is 5.91 Å². The highest BCUT2D eigenvalue weighted by molar-refractivity contribution is 7.89. The smallest absolute Gasteiger partial charge is 0.275 e. The molecule has 1 aromatic carbocycles. The highest BCUT2D eigenvalue weighted by Crippen LogP contribution is 2.16. The summed E-state index contributed by atoms with van der Waals surface area (Å²) >= 11 is 0. The number of sulfonamides is 1. The third kappa shape index (κ3) is 4.99. The molecule has 8 heteroatoms. The molecule has 0 saturated carbocycles. The molecule has 1 aliphatic rings. The standard InChI is InChI=1S/C16H24FN3O3S/c1-2-3-7-18-16(21)13-19-8-10-20(11-9-19)24(22,23)15-6-4-5-14(17)12-15/h4-6,12H,2-3,7-11,13H2,1H3,(H,18,21)/p+1. The second-order valence-electron chi connectivity index (χ2n) is 5.99. The Bertz CT molecular complexity index is 658. The quantitative estimate of drug-likeness (QED) is 0.654. The van der Waals surface area contributed by atoms with Crippen LogP contribution in [0.2, 0.25) is 0 Å². The summed E-state index contributed by atoms with van der Waals surface area (Å²) in [5.74, 6) is -0.566. The van der Waals surface area contributed by atoms with E-state index in [1.807, 2.05) is 0 Å². The van der Waals surface area contributed by atoms with Crippen LogP contribution in [0.1, 0.15) is 19.8 Å². The SMILES string of the molecule is CCCCNC(=O)C[NH+]1CCN(S(=O)(=O)c2cccc(F)c2)CC1. The number of halogens is 1. The molecule has 1 aromatic rings. The number of hydrogen-bond donors (Lipinski definition) is 2. The van der Waals surface area contributed by atoms with E-state index in [2.05, 4.69) is 12.2 Å². The Morgan fingerprint density at radius 1 is 1.33 bits per heavy atom. The third-order valence-electron chi connectivity index (χ3n) is 4.13. The lowest BCUT2D eigenvalue weighted by Crippen LogP contribution is -3.15. The zero-order valence-electron chi connectivity index (χ0n) is 13.9. The summed E-state index contributed by atoms with van der Waals surface area (Å²) in [4.78, 5) is 12.9. The average molecular weight is 358 g/mol. The zero-order chi connectivity index (χ0) is 17.6. The van der Waals surface area contributed by atoms with E-state index in [0.29, 0.717) is 39.3 Å². The Hall–Kier alpha value is -1.51. The lowest BCUT2D eigenvalue weighted by atomic mass is 10.3. The van der Waals surface area contributed by atoms with Crippen LogP contribution in [0, 0.1) is 5.82 Å². The van der Waals surface area contributed by atoms with Crippen LogP contribution in [0.3, 0.4) is 0 Å². The fraction of sp³-hybridized carbons (Fsp3) is 0.562. The monoisotopic (exact) mass is 358 g/mol. The minimum absolute atomic E-state index is 0.000104. The number of unbranched alkanes of at least 4 members (excludes halogenated alkanes) is 1. The molecule has 2 rings (SSSR count). The summed E-state index contributed by atoms with van der Waals surface area (Å²) in [6, 6.07) is 5.05. The van der Waals surface area contributed by atoms with Crippen molar-refractivity contribution in [2.24, 2.45) is 0 Å². The molecular formula is C16H25FN3O3S+. The van der Waals surface area contributed by atoms with Crippen LogP contribution >= 0.6 is 0 Å². The topological polar surface area (TPSA) is 70.9 Å². The summed E-state index contributed by atoms with van der Waals surface area (Å²) in [5, 5.41) is 2.87. The minimum Gasteiger partial charge on any atom is -0.351 e.